The lowest BCUT2D eigenvalue weighted by atomic mass is 9.76. The summed E-state index contributed by atoms with van der Waals surface area (Å²) in [6, 6.07) is 23.1. The van der Waals surface area contributed by atoms with E-state index in [1.807, 2.05) is 50.5 Å². The summed E-state index contributed by atoms with van der Waals surface area (Å²) >= 11 is 0. The van der Waals surface area contributed by atoms with Crippen LogP contribution in [0.5, 0.6) is 5.75 Å². The van der Waals surface area contributed by atoms with E-state index in [4.69, 9.17) is 10.5 Å². The van der Waals surface area contributed by atoms with Crippen molar-refractivity contribution in [2.24, 2.45) is 0 Å². The van der Waals surface area contributed by atoms with Gasteiger partial charge in [-0.25, -0.2) is 19.6 Å². The second-order valence-corrected chi connectivity index (χ2v) is 37.8. The molecule has 650 valence electrons. The number of benzene rings is 6. The van der Waals surface area contributed by atoms with Crippen molar-refractivity contribution in [3.63, 3.8) is 0 Å². The number of nitrogens with zero attached hydrogens (tertiary/aromatic N) is 6. The molecule has 0 fully saturated rings. The molecule has 0 saturated heterocycles. The highest BCUT2D eigenvalue weighted by molar-refractivity contribution is 7.87. The van der Waals surface area contributed by atoms with Crippen LogP contribution in [0, 0.1) is 0 Å². The standard InChI is InChI=1S/C82H90F3N11O22S4/c1-46(119(106,107)108)37-40-94-63-31-18-52-42-57(121(112,113)114)26-28-59(52)69(63)80(3,4)65(94)33-20-49-10-9-11-50(21-34-66-81(5,6)70-60-29-27-58(122(115,116)117)43-53(60)19-32-64(70)95(66)41-38-47(2)120(109,110)111)72(49)118-56-24-13-48(14-25-56)15-35-67(97)87-39-8-7-12-61(76(101)102)90-68(98)36-30-62(77(103)104)91-74(99)51-16-22-55(23-17-51)96(78(105)82(83,84)85)45-54-44-88-73-71(89-54)75(100)93-79(86)92-73/h13-14,16-29,31-33,42-44,46-47,61-62,66H,7-12,15,30,34-41,45H2,1-6H3,(H11-,86,87,88,90,91,92,93,97,98,99,100,101,102,103,104,106,107,108,109,110,111,112,113,114,115,116,117)/p+1/b33-20+,50-21+/t46?,47?,61-,62-,66?/m0/s1. The Balaban J connectivity index is 0.756. The summed E-state index contributed by atoms with van der Waals surface area (Å²) in [6.07, 6.45) is 3.06. The lowest BCUT2D eigenvalue weighted by Crippen LogP contribution is -2.44. The molecular weight excluding hydrogens is 1680 g/mol. The van der Waals surface area contributed by atoms with Gasteiger partial charge in [-0.05, 0) is 215 Å². The van der Waals surface area contributed by atoms with Crippen LogP contribution in [0.4, 0.5) is 36.2 Å². The molecule has 3 aliphatic rings. The van der Waals surface area contributed by atoms with Gasteiger partial charge in [0.15, 0.2) is 23.4 Å². The first kappa shape index (κ1) is 91.3. The topological polar surface area (TPSA) is 513 Å². The number of hydrogen-bond acceptors (Lipinski definition) is 21. The van der Waals surface area contributed by atoms with E-state index >= 15 is 0 Å². The quantitative estimate of drug-likeness (QED) is 0.00999. The number of aryl methyl sites for hydroxylation is 1. The van der Waals surface area contributed by atoms with Crippen molar-refractivity contribution in [3.05, 3.63) is 189 Å². The minimum absolute atomic E-state index is 0.00450. The van der Waals surface area contributed by atoms with E-state index in [0.29, 0.717) is 70.1 Å². The number of carboxylic acid groups (broad SMARTS) is 2. The monoisotopic (exact) mass is 1770 g/mol. The van der Waals surface area contributed by atoms with Gasteiger partial charge in [0.05, 0.1) is 44.1 Å². The summed E-state index contributed by atoms with van der Waals surface area (Å²) in [5.41, 5.74) is 7.60. The summed E-state index contributed by atoms with van der Waals surface area (Å²) in [6.45, 7) is 10.4. The van der Waals surface area contributed by atoms with E-state index in [-0.39, 0.29) is 114 Å². The third kappa shape index (κ3) is 21.2. The number of aromatic amines is 1. The SMILES string of the molecule is CC(CCN1c2ccc3cc(S(=O)(=O)O)ccc3c2C(C)(C)C1C/C=C1\CCCC(/C=C/C2=[N+](CCC(C)S(=O)(=O)O)c3ccc4cc(S(=O)(=O)O)ccc4c3C2(C)C)=C1Oc1ccc(CCC(=O)NCCCC[C@H](NC(=O)CC[C@H](NC(=O)c2ccc(N(Cc3cnc4nc(N)[nH]c(=O)c4n3)C(=O)C(F)(F)F)cc2)C(=O)O)C(=O)O)cc1)S(=O)(=O)O. The van der Waals surface area contributed by atoms with E-state index in [9.17, 15) is 109 Å². The molecule has 0 bridgehead atoms. The number of nitrogens with one attached hydrogen (secondary N) is 4. The first-order chi connectivity index (χ1) is 57.1. The number of allylic oxidation sites excluding steroid dienone is 4. The number of amides is 4. The number of fused-ring (bicyclic) bond motifs is 7. The van der Waals surface area contributed by atoms with Gasteiger partial charge in [-0.15, -0.1) is 0 Å². The molecule has 5 atom stereocenters. The predicted octanol–water partition coefficient (Wildman–Crippen LogP) is 9.91. The van der Waals surface area contributed by atoms with Crippen molar-refractivity contribution >= 4 is 137 Å². The minimum Gasteiger partial charge on any atom is -0.480 e. The number of aliphatic carboxylic acids is 2. The molecule has 122 heavy (non-hydrogen) atoms. The number of nitrogens with two attached hydrogens (primary N) is 1. The number of nitrogen functional groups attached to an aromatic ring is 1. The van der Waals surface area contributed by atoms with Crippen molar-refractivity contribution in [1.82, 2.24) is 35.9 Å². The first-order valence-corrected chi connectivity index (χ1v) is 44.6. The summed E-state index contributed by atoms with van der Waals surface area (Å²) in [5.74, 6) is -7.00. The Kier molecular flexibility index (Phi) is 27.2. The fourth-order valence-electron chi connectivity index (χ4n) is 15.6. The minimum atomic E-state index is -5.41. The average Bonchev–Trinajstić information content (AvgIpc) is 1.57. The number of H-pyrrole nitrogens is 1. The maximum atomic E-state index is 13.9. The Morgan fingerprint density at radius 3 is 1.95 bits per heavy atom. The zero-order valence-corrected chi connectivity index (χ0v) is 70.1. The summed E-state index contributed by atoms with van der Waals surface area (Å²) in [5, 5.41) is 27.4. The van der Waals surface area contributed by atoms with Crippen LogP contribution in [-0.4, -0.2) is 182 Å². The van der Waals surface area contributed by atoms with Crippen LogP contribution < -0.4 is 41.8 Å². The van der Waals surface area contributed by atoms with Gasteiger partial charge in [-0.1, -0.05) is 50.3 Å². The van der Waals surface area contributed by atoms with Crippen LogP contribution in [-0.2, 0) is 88.2 Å². The molecule has 2 aliphatic heterocycles. The smallest absolute Gasteiger partial charge is 0.471 e. The first-order valence-electron chi connectivity index (χ1n) is 38.7. The summed E-state index contributed by atoms with van der Waals surface area (Å²) in [7, 11) is -18.1. The number of rotatable bonds is 35. The molecule has 0 saturated carbocycles. The summed E-state index contributed by atoms with van der Waals surface area (Å²) < 4.78 is 190. The lowest BCUT2D eigenvalue weighted by Gasteiger charge is -2.35. The third-order valence-electron chi connectivity index (χ3n) is 22.3. The molecule has 4 heterocycles. The van der Waals surface area contributed by atoms with Gasteiger partial charge in [0.2, 0.25) is 23.5 Å². The van der Waals surface area contributed by atoms with Crippen LogP contribution in [0.1, 0.15) is 151 Å². The van der Waals surface area contributed by atoms with Crippen molar-refractivity contribution in [1.29, 1.82) is 0 Å². The van der Waals surface area contributed by atoms with Gasteiger partial charge in [0.25, 0.3) is 51.9 Å². The number of anilines is 3. The van der Waals surface area contributed by atoms with Gasteiger partial charge >= 0.3 is 24.0 Å². The van der Waals surface area contributed by atoms with Crippen LogP contribution >= 0.6 is 0 Å². The van der Waals surface area contributed by atoms with E-state index in [2.05, 4.69) is 46.9 Å². The van der Waals surface area contributed by atoms with Crippen molar-refractivity contribution < 1.29 is 113 Å². The Labute approximate surface area is 699 Å². The highest BCUT2D eigenvalue weighted by Crippen LogP contribution is 2.51. The number of alkyl halides is 3. The number of carbonyl (C=O) groups is 6. The molecular formula is C82H91F3N11O22S4+. The van der Waals surface area contributed by atoms with Gasteiger partial charge < -0.3 is 41.5 Å². The number of hydrogen-bond donors (Lipinski definition) is 11. The normalized spacial score (nSPS) is 16.8. The Morgan fingerprint density at radius 2 is 1.34 bits per heavy atom. The zero-order chi connectivity index (χ0) is 89.1. The molecule has 11 rings (SSSR count). The fraction of sp³-hybridized carbons (Fsp3) is 0.378. The Hall–Kier alpha value is -11.4. The van der Waals surface area contributed by atoms with Crippen LogP contribution in [0.25, 0.3) is 32.7 Å². The average molecular weight is 1770 g/mol. The molecule has 6 aromatic carbocycles. The highest BCUT2D eigenvalue weighted by atomic mass is 32.2. The molecule has 12 N–H and O–H groups in total. The molecule has 2 aromatic heterocycles. The predicted molar refractivity (Wildman–Crippen MR) is 444 cm³/mol. The molecule has 40 heteroatoms. The number of halogens is 3. The lowest BCUT2D eigenvalue weighted by molar-refractivity contribution is -0.438. The molecule has 0 spiro atoms. The largest absolute Gasteiger partial charge is 0.480 e. The molecule has 3 unspecified atom stereocenters. The Bertz CT molecular complexity index is 6180. The zero-order valence-electron chi connectivity index (χ0n) is 66.9. The number of ether oxygens (including phenoxy) is 1. The van der Waals surface area contributed by atoms with E-state index in [0.717, 1.165) is 64.0 Å². The molecule has 33 nitrogen and oxygen atoms in total. The molecule has 1 aliphatic carbocycles. The van der Waals surface area contributed by atoms with E-state index in [1.165, 1.54) is 38.1 Å². The highest BCUT2D eigenvalue weighted by Gasteiger charge is 2.49. The second-order valence-electron chi connectivity index (χ2n) is 31.3. The Morgan fingerprint density at radius 1 is 0.721 bits per heavy atom. The molecule has 8 aromatic rings. The number of unbranched alkanes of at least 4 members (excludes halogenated alkanes) is 1. The maximum Gasteiger partial charge on any atom is 0.471 e. The summed E-state index contributed by atoms with van der Waals surface area (Å²) in [4.78, 5) is 105. The van der Waals surface area contributed by atoms with Crippen LogP contribution in [0.15, 0.2) is 165 Å². The van der Waals surface area contributed by atoms with Crippen LogP contribution in [0.2, 0.25) is 0 Å². The number of carbonyl (C=O) groups excluding carboxylic acids is 4. The van der Waals surface area contributed by atoms with Crippen molar-refractivity contribution in [2.75, 3.05) is 35.2 Å². The van der Waals surface area contributed by atoms with Crippen molar-refractivity contribution in [3.8, 4) is 5.75 Å². The number of aromatic nitrogens is 4. The fourth-order valence-corrected chi connectivity index (χ4v) is 17.5. The molecule has 4 amide bonds. The van der Waals surface area contributed by atoms with Gasteiger partial charge in [-0.3, -0.25) is 52.1 Å². The third-order valence-corrected chi connectivity index (χ3v) is 26.5. The van der Waals surface area contributed by atoms with Crippen LogP contribution in [0.3, 0.4) is 0 Å². The van der Waals surface area contributed by atoms with E-state index < -0.39 is 146 Å². The van der Waals surface area contributed by atoms with Crippen molar-refractivity contribution in [2.45, 2.75) is 187 Å². The van der Waals surface area contributed by atoms with E-state index in [1.54, 1.807) is 54.6 Å². The van der Waals surface area contributed by atoms with Gasteiger partial charge in [-0.2, -0.15) is 56.4 Å². The van der Waals surface area contributed by atoms with Gasteiger partial charge in [0, 0.05) is 78.5 Å². The second kappa shape index (κ2) is 36.3. The molecule has 0 radical (unpaired) electrons. The van der Waals surface area contributed by atoms with Gasteiger partial charge in [0.1, 0.15) is 23.6 Å². The maximum absolute atomic E-state index is 13.9. The number of carboxylic acids is 2.